The Balaban J connectivity index is 2.51. The molecule has 2 rings (SSSR count). The van der Waals surface area contributed by atoms with E-state index in [1.165, 1.54) is 16.9 Å². The van der Waals surface area contributed by atoms with E-state index in [0.717, 1.165) is 12.1 Å². The van der Waals surface area contributed by atoms with Crippen LogP contribution in [-0.4, -0.2) is 30.6 Å². The van der Waals surface area contributed by atoms with Gasteiger partial charge in [0.15, 0.2) is 23.3 Å². The van der Waals surface area contributed by atoms with Crippen LogP contribution in [-0.2, 0) is 14.8 Å². The molecule has 0 aliphatic carbocycles. The molecule has 0 radical (unpaired) electrons. The molecular formula is C16H12F5NO5S. The van der Waals surface area contributed by atoms with Gasteiger partial charge in [-0.3, -0.25) is 4.79 Å². The van der Waals surface area contributed by atoms with E-state index in [0.29, 0.717) is 5.56 Å². The molecule has 0 aliphatic heterocycles. The molecule has 0 heterocycles. The van der Waals surface area contributed by atoms with E-state index in [4.69, 9.17) is 5.11 Å². The molecule has 0 amide bonds. The summed E-state index contributed by atoms with van der Waals surface area (Å²) >= 11 is 0. The Bertz CT molecular complexity index is 998. The smallest absolute Gasteiger partial charge is 0.324 e. The Morgan fingerprint density at radius 1 is 0.929 bits per heavy atom. The maximum atomic E-state index is 13.8. The third-order valence-electron chi connectivity index (χ3n) is 3.73. The Kier molecular flexibility index (Phi) is 6.06. The van der Waals surface area contributed by atoms with Crippen LogP contribution in [0.3, 0.4) is 0 Å². The monoisotopic (exact) mass is 425 g/mol. The number of hydrogen-bond acceptors (Lipinski definition) is 4. The molecule has 0 aliphatic rings. The van der Waals surface area contributed by atoms with E-state index in [2.05, 4.69) is 0 Å². The molecule has 3 N–H and O–H groups in total. The number of nitrogens with one attached hydrogen (secondary N) is 1. The zero-order valence-electron chi connectivity index (χ0n) is 13.9. The SMILES string of the molecule is Cc1ccc(S(=O)(=O)NC(C(=O)O)C(O)c2c(F)c(F)c(F)c(F)c2F)cc1. The molecule has 2 aromatic rings. The van der Waals surface area contributed by atoms with Crippen molar-refractivity contribution < 1.29 is 45.4 Å². The minimum absolute atomic E-state index is 0.450. The van der Waals surface area contributed by atoms with Crippen LogP contribution in [0.15, 0.2) is 29.2 Å². The van der Waals surface area contributed by atoms with E-state index < -0.39 is 67.7 Å². The van der Waals surface area contributed by atoms with Crippen LogP contribution in [0, 0.1) is 36.0 Å². The van der Waals surface area contributed by atoms with Gasteiger partial charge in [-0.15, -0.1) is 0 Å². The molecule has 2 atom stereocenters. The molecule has 0 spiro atoms. The maximum absolute atomic E-state index is 13.8. The van der Waals surface area contributed by atoms with Crippen LogP contribution in [0.1, 0.15) is 17.2 Å². The minimum Gasteiger partial charge on any atom is -0.480 e. The first-order valence-corrected chi connectivity index (χ1v) is 8.88. The van der Waals surface area contributed by atoms with Crippen LogP contribution in [0.2, 0.25) is 0 Å². The number of carboxylic acids is 1. The summed E-state index contributed by atoms with van der Waals surface area (Å²) in [5, 5.41) is 19.1. The summed E-state index contributed by atoms with van der Waals surface area (Å²) in [4.78, 5) is 10.9. The van der Waals surface area contributed by atoms with Gasteiger partial charge in [0.25, 0.3) is 0 Å². The zero-order chi connectivity index (χ0) is 21.4. The van der Waals surface area contributed by atoms with E-state index in [9.17, 15) is 40.3 Å². The number of halogens is 5. The minimum atomic E-state index is -4.63. The van der Waals surface area contributed by atoms with Crippen LogP contribution >= 0.6 is 0 Å². The Hall–Kier alpha value is -2.57. The highest BCUT2D eigenvalue weighted by Crippen LogP contribution is 2.30. The van der Waals surface area contributed by atoms with Crippen LogP contribution < -0.4 is 4.72 Å². The van der Waals surface area contributed by atoms with E-state index in [1.807, 2.05) is 0 Å². The third-order valence-corrected chi connectivity index (χ3v) is 5.19. The lowest BCUT2D eigenvalue weighted by Gasteiger charge is -2.22. The molecular weight excluding hydrogens is 413 g/mol. The van der Waals surface area contributed by atoms with Crippen molar-refractivity contribution in [2.45, 2.75) is 24.0 Å². The number of sulfonamides is 1. The average molecular weight is 425 g/mol. The van der Waals surface area contributed by atoms with Gasteiger partial charge in [0, 0.05) is 0 Å². The number of carboxylic acid groups (broad SMARTS) is 1. The van der Waals surface area contributed by atoms with Crippen molar-refractivity contribution >= 4 is 16.0 Å². The zero-order valence-corrected chi connectivity index (χ0v) is 14.7. The van der Waals surface area contributed by atoms with Gasteiger partial charge < -0.3 is 10.2 Å². The highest BCUT2D eigenvalue weighted by molar-refractivity contribution is 7.89. The average Bonchev–Trinajstić information content (AvgIpc) is 2.63. The number of aliphatic hydroxyl groups is 1. The highest BCUT2D eigenvalue weighted by atomic mass is 32.2. The summed E-state index contributed by atoms with van der Waals surface area (Å²) in [5.41, 5.74) is -1.22. The summed E-state index contributed by atoms with van der Waals surface area (Å²) in [6.45, 7) is 1.64. The Morgan fingerprint density at radius 2 is 1.36 bits per heavy atom. The van der Waals surface area contributed by atoms with Crippen LogP contribution in [0.5, 0.6) is 0 Å². The molecule has 2 aromatic carbocycles. The topological polar surface area (TPSA) is 104 Å². The second-order valence-corrected chi connectivity index (χ2v) is 7.39. The highest BCUT2D eigenvalue weighted by Gasteiger charge is 2.39. The molecule has 6 nitrogen and oxygen atoms in total. The molecule has 2 unspecified atom stereocenters. The normalized spacial score (nSPS) is 14.0. The van der Waals surface area contributed by atoms with Gasteiger partial charge in [0.05, 0.1) is 10.5 Å². The van der Waals surface area contributed by atoms with E-state index >= 15 is 0 Å². The van der Waals surface area contributed by atoms with E-state index in [1.54, 1.807) is 6.92 Å². The third kappa shape index (κ3) is 3.98. The van der Waals surface area contributed by atoms with Gasteiger partial charge in [-0.2, -0.15) is 4.72 Å². The van der Waals surface area contributed by atoms with Crippen molar-refractivity contribution in [3.8, 4) is 0 Å². The first kappa shape index (κ1) is 21.7. The lowest BCUT2D eigenvalue weighted by molar-refractivity contribution is -0.142. The largest absolute Gasteiger partial charge is 0.480 e. The summed E-state index contributed by atoms with van der Waals surface area (Å²) in [5.74, 6) is -14.4. The van der Waals surface area contributed by atoms with Gasteiger partial charge in [-0.25, -0.2) is 30.4 Å². The molecule has 28 heavy (non-hydrogen) atoms. The van der Waals surface area contributed by atoms with Crippen molar-refractivity contribution in [2.24, 2.45) is 0 Å². The van der Waals surface area contributed by atoms with Crippen molar-refractivity contribution in [2.75, 3.05) is 0 Å². The first-order chi connectivity index (χ1) is 12.9. The van der Waals surface area contributed by atoms with Gasteiger partial charge in [0.1, 0.15) is 12.1 Å². The number of rotatable bonds is 6. The first-order valence-electron chi connectivity index (χ1n) is 7.39. The number of benzene rings is 2. The molecule has 0 saturated heterocycles. The van der Waals surface area contributed by atoms with Gasteiger partial charge in [-0.1, -0.05) is 17.7 Å². The molecule has 0 aromatic heterocycles. The predicted octanol–water partition coefficient (Wildman–Crippen LogP) is 2.16. The lowest BCUT2D eigenvalue weighted by Crippen LogP contribution is -2.45. The predicted molar refractivity (Wildman–Crippen MR) is 84.1 cm³/mol. The van der Waals surface area contributed by atoms with Crippen LogP contribution in [0.25, 0.3) is 0 Å². The second-order valence-electron chi connectivity index (χ2n) is 5.68. The molecule has 152 valence electrons. The summed E-state index contributed by atoms with van der Waals surface area (Å²) in [6.07, 6.45) is -2.93. The van der Waals surface area contributed by atoms with Gasteiger partial charge in [0.2, 0.25) is 15.8 Å². The fourth-order valence-corrected chi connectivity index (χ4v) is 3.45. The Morgan fingerprint density at radius 3 is 1.79 bits per heavy atom. The quantitative estimate of drug-likeness (QED) is 0.374. The van der Waals surface area contributed by atoms with Crippen molar-refractivity contribution in [1.82, 2.24) is 4.72 Å². The number of carbonyl (C=O) groups is 1. The number of aliphatic hydroxyl groups excluding tert-OH is 1. The number of hydrogen-bond donors (Lipinski definition) is 3. The fraction of sp³-hybridized carbons (Fsp3) is 0.188. The summed E-state index contributed by atoms with van der Waals surface area (Å²) in [7, 11) is -4.63. The molecule has 12 heteroatoms. The standard InChI is InChI=1S/C16H12F5NO5S/c1-6-2-4-7(5-3-6)28(26,27)22-14(16(24)25)15(23)8-9(17)11(19)13(21)12(20)10(8)18/h2-5,14-15,22-23H,1H3,(H,24,25). The second kappa shape index (κ2) is 7.81. The van der Waals surface area contributed by atoms with Crippen molar-refractivity contribution in [1.29, 1.82) is 0 Å². The van der Waals surface area contributed by atoms with Gasteiger partial charge in [-0.05, 0) is 19.1 Å². The van der Waals surface area contributed by atoms with Crippen molar-refractivity contribution in [3.05, 3.63) is 64.5 Å². The van der Waals surface area contributed by atoms with Crippen LogP contribution in [0.4, 0.5) is 22.0 Å². The lowest BCUT2D eigenvalue weighted by atomic mass is 10.0. The summed E-state index contributed by atoms with van der Waals surface area (Å²) in [6, 6.07) is 2.25. The molecule has 0 saturated carbocycles. The molecule has 0 bridgehead atoms. The fourth-order valence-electron chi connectivity index (χ4n) is 2.25. The maximum Gasteiger partial charge on any atom is 0.324 e. The Labute approximate surface area is 155 Å². The van der Waals surface area contributed by atoms with Gasteiger partial charge >= 0.3 is 5.97 Å². The number of aryl methyl sites for hydroxylation is 1. The summed E-state index contributed by atoms with van der Waals surface area (Å²) < 4.78 is 93.4. The number of aliphatic carboxylic acids is 1. The molecule has 0 fully saturated rings. The van der Waals surface area contributed by atoms with Crippen molar-refractivity contribution in [3.63, 3.8) is 0 Å². The van der Waals surface area contributed by atoms with E-state index in [-0.39, 0.29) is 0 Å².